The van der Waals surface area contributed by atoms with Gasteiger partial charge in [0.2, 0.25) is 0 Å². The summed E-state index contributed by atoms with van der Waals surface area (Å²) in [6, 6.07) is 12.6. The van der Waals surface area contributed by atoms with Crippen LogP contribution in [0.3, 0.4) is 0 Å². The van der Waals surface area contributed by atoms with E-state index in [4.69, 9.17) is 4.74 Å². The normalized spacial score (nSPS) is 17.2. The number of fused-ring (bicyclic) bond motifs is 1. The van der Waals surface area contributed by atoms with Crippen LogP contribution in [-0.4, -0.2) is 12.6 Å². The van der Waals surface area contributed by atoms with E-state index in [1.165, 1.54) is 40.7 Å². The summed E-state index contributed by atoms with van der Waals surface area (Å²) in [4.78, 5) is 12.1. The molecule has 31 heavy (non-hydrogen) atoms. The fourth-order valence-electron chi connectivity index (χ4n) is 4.64. The average Bonchev–Trinajstić information content (AvgIpc) is 2.75. The lowest BCUT2D eigenvalue weighted by Gasteiger charge is -2.42. The lowest BCUT2D eigenvalue weighted by atomic mass is 9.62. The molecule has 0 heterocycles. The van der Waals surface area contributed by atoms with E-state index in [1.54, 1.807) is 0 Å². The van der Waals surface area contributed by atoms with E-state index in [-0.39, 0.29) is 16.8 Å². The number of carbonyl (C=O) groups is 1. The predicted octanol–water partition coefficient (Wildman–Crippen LogP) is 7.73. The van der Waals surface area contributed by atoms with Crippen LogP contribution in [-0.2, 0) is 22.0 Å². The first kappa shape index (κ1) is 23.3. The van der Waals surface area contributed by atoms with Gasteiger partial charge in [-0.05, 0) is 89.0 Å². The second-order valence-corrected chi connectivity index (χ2v) is 10.3. The van der Waals surface area contributed by atoms with Crippen LogP contribution < -0.4 is 0 Å². The summed E-state index contributed by atoms with van der Waals surface area (Å²) in [7, 11) is 0. The maximum Gasteiger partial charge on any atom is 0.338 e. The van der Waals surface area contributed by atoms with Crippen molar-refractivity contribution in [2.45, 2.75) is 85.0 Å². The number of esters is 1. The first-order chi connectivity index (χ1) is 14.6. The average molecular weight is 419 g/mol. The highest BCUT2D eigenvalue weighted by molar-refractivity contribution is 5.90. The van der Waals surface area contributed by atoms with Crippen molar-refractivity contribution < 1.29 is 9.53 Å². The van der Waals surface area contributed by atoms with Gasteiger partial charge in [-0.3, -0.25) is 0 Å². The second-order valence-electron chi connectivity index (χ2n) is 10.3. The Labute approximate surface area is 188 Å². The lowest BCUT2D eigenvalue weighted by molar-refractivity contribution is 0.0505. The molecular formula is C29H38O2. The van der Waals surface area contributed by atoms with Crippen LogP contribution in [0.5, 0.6) is 0 Å². The van der Waals surface area contributed by atoms with Gasteiger partial charge in [-0.2, -0.15) is 0 Å². The molecule has 0 radical (unpaired) electrons. The summed E-state index contributed by atoms with van der Waals surface area (Å²) >= 11 is 0. The fourth-order valence-corrected chi connectivity index (χ4v) is 4.64. The van der Waals surface area contributed by atoms with E-state index in [9.17, 15) is 4.79 Å². The minimum absolute atomic E-state index is 0.201. The number of hydrogen-bond donors (Lipinski definition) is 0. The molecule has 0 atom stereocenters. The quantitative estimate of drug-likeness (QED) is 0.354. The van der Waals surface area contributed by atoms with Gasteiger partial charge in [-0.1, -0.05) is 71.9 Å². The molecule has 0 amide bonds. The van der Waals surface area contributed by atoms with Crippen LogP contribution in [0.1, 0.15) is 106 Å². The van der Waals surface area contributed by atoms with Crippen LogP contribution in [0, 0.1) is 0 Å². The van der Waals surface area contributed by atoms with Crippen molar-refractivity contribution in [3.63, 3.8) is 0 Å². The Morgan fingerprint density at radius 2 is 1.55 bits per heavy atom. The molecule has 0 aromatic heterocycles. The maximum atomic E-state index is 12.1. The summed E-state index contributed by atoms with van der Waals surface area (Å²) in [6.07, 6.45) is 6.53. The predicted molar refractivity (Wildman–Crippen MR) is 132 cm³/mol. The molecule has 2 aromatic rings. The van der Waals surface area contributed by atoms with Gasteiger partial charge >= 0.3 is 5.97 Å². The third-order valence-corrected chi connectivity index (χ3v) is 6.85. The van der Waals surface area contributed by atoms with E-state index in [0.29, 0.717) is 12.2 Å². The lowest BCUT2D eigenvalue weighted by Crippen LogP contribution is -2.34. The molecule has 0 aliphatic heterocycles. The second kappa shape index (κ2) is 9.02. The van der Waals surface area contributed by atoms with Gasteiger partial charge in [0.15, 0.2) is 0 Å². The molecule has 0 saturated heterocycles. The van der Waals surface area contributed by atoms with Gasteiger partial charge < -0.3 is 4.74 Å². The molecule has 2 heteroatoms. The summed E-state index contributed by atoms with van der Waals surface area (Å²) in [5.41, 5.74) is 9.18. The Balaban J connectivity index is 1.97. The van der Waals surface area contributed by atoms with E-state index >= 15 is 0 Å². The van der Waals surface area contributed by atoms with Crippen molar-refractivity contribution in [3.8, 4) is 0 Å². The Kier molecular flexibility index (Phi) is 6.79. The molecule has 0 spiro atoms. The molecule has 1 aliphatic rings. The van der Waals surface area contributed by atoms with Crippen molar-refractivity contribution in [3.05, 3.63) is 69.8 Å². The molecular weight excluding hydrogens is 380 g/mol. The van der Waals surface area contributed by atoms with Gasteiger partial charge in [0.05, 0.1) is 12.2 Å². The number of allylic oxidation sites excluding steroid dienone is 1. The molecule has 0 saturated carbocycles. The molecule has 0 N–H and O–H groups in total. The SMILES string of the molecule is CCCOC(=O)c1ccc(/C=C(\C)c2cc3c(cc2CC)C(C)(C)CCC3(C)C)cc1. The third-order valence-electron chi connectivity index (χ3n) is 6.85. The Bertz CT molecular complexity index is 975. The molecule has 0 unspecified atom stereocenters. The first-order valence-electron chi connectivity index (χ1n) is 11.7. The van der Waals surface area contributed by atoms with Crippen LogP contribution in [0.15, 0.2) is 36.4 Å². The standard InChI is InChI=1S/C29H38O2/c1-8-16-31-27(30)23-12-10-21(11-13-23)17-20(3)24-19-26-25(18-22(24)9-2)28(4,5)14-15-29(26,6)7/h10-13,17-19H,8-9,14-16H2,1-7H3/b20-17+. The molecule has 2 nitrogen and oxygen atoms in total. The van der Waals surface area contributed by atoms with Crippen LogP contribution >= 0.6 is 0 Å². The number of rotatable bonds is 6. The molecule has 1 aliphatic carbocycles. The third kappa shape index (κ3) is 4.95. The Morgan fingerprint density at radius 1 is 0.968 bits per heavy atom. The summed E-state index contributed by atoms with van der Waals surface area (Å²) in [5.74, 6) is -0.248. The van der Waals surface area contributed by atoms with Crippen LogP contribution in [0.4, 0.5) is 0 Å². The van der Waals surface area contributed by atoms with Gasteiger partial charge in [-0.15, -0.1) is 0 Å². The number of ether oxygens (including phenoxy) is 1. The molecule has 2 aromatic carbocycles. The Hall–Kier alpha value is -2.35. The maximum absolute atomic E-state index is 12.1. The smallest absolute Gasteiger partial charge is 0.338 e. The van der Waals surface area contributed by atoms with Gasteiger partial charge in [0, 0.05) is 0 Å². The highest BCUT2D eigenvalue weighted by Crippen LogP contribution is 2.47. The molecule has 166 valence electrons. The van der Waals surface area contributed by atoms with E-state index in [2.05, 4.69) is 59.8 Å². The highest BCUT2D eigenvalue weighted by Gasteiger charge is 2.37. The molecule has 0 fully saturated rings. The van der Waals surface area contributed by atoms with Crippen molar-refractivity contribution in [1.29, 1.82) is 0 Å². The van der Waals surface area contributed by atoms with Crippen molar-refractivity contribution in [2.24, 2.45) is 0 Å². The van der Waals surface area contributed by atoms with Crippen LogP contribution in [0.2, 0.25) is 0 Å². The number of hydrogen-bond acceptors (Lipinski definition) is 2. The van der Waals surface area contributed by atoms with Gasteiger partial charge in [0.25, 0.3) is 0 Å². The van der Waals surface area contributed by atoms with E-state index < -0.39 is 0 Å². The zero-order valence-electron chi connectivity index (χ0n) is 20.4. The fraction of sp³-hybridized carbons (Fsp3) is 0.483. The van der Waals surface area contributed by atoms with Gasteiger partial charge in [-0.25, -0.2) is 4.79 Å². The number of carbonyl (C=O) groups excluding carboxylic acids is 1. The van der Waals surface area contributed by atoms with Crippen LogP contribution in [0.25, 0.3) is 11.6 Å². The summed E-state index contributed by atoms with van der Waals surface area (Å²) in [5, 5.41) is 0. The zero-order chi connectivity index (χ0) is 22.8. The topological polar surface area (TPSA) is 26.3 Å². The van der Waals surface area contributed by atoms with Crippen molar-refractivity contribution in [2.75, 3.05) is 6.61 Å². The monoisotopic (exact) mass is 418 g/mol. The van der Waals surface area contributed by atoms with Crippen molar-refractivity contribution >= 4 is 17.6 Å². The minimum atomic E-state index is -0.248. The van der Waals surface area contributed by atoms with E-state index in [1.807, 2.05) is 31.2 Å². The highest BCUT2D eigenvalue weighted by atomic mass is 16.5. The summed E-state index contributed by atoms with van der Waals surface area (Å²) in [6.45, 7) is 16.4. The molecule has 0 bridgehead atoms. The summed E-state index contributed by atoms with van der Waals surface area (Å²) < 4.78 is 5.23. The largest absolute Gasteiger partial charge is 0.462 e. The zero-order valence-corrected chi connectivity index (χ0v) is 20.4. The van der Waals surface area contributed by atoms with Crippen molar-refractivity contribution in [1.82, 2.24) is 0 Å². The first-order valence-corrected chi connectivity index (χ1v) is 11.7. The number of benzene rings is 2. The van der Waals surface area contributed by atoms with Gasteiger partial charge in [0.1, 0.15) is 0 Å². The van der Waals surface area contributed by atoms with E-state index in [0.717, 1.165) is 18.4 Å². The minimum Gasteiger partial charge on any atom is -0.462 e. The Morgan fingerprint density at radius 3 is 2.10 bits per heavy atom. The number of aryl methyl sites for hydroxylation is 1. The molecule has 3 rings (SSSR count).